The van der Waals surface area contributed by atoms with Crippen LogP contribution in [-0.4, -0.2) is 18.9 Å². The van der Waals surface area contributed by atoms with Gasteiger partial charge in [0.05, 0.1) is 24.1 Å². The van der Waals surface area contributed by atoms with Gasteiger partial charge in [0.1, 0.15) is 23.1 Å². The Morgan fingerprint density at radius 1 is 0.935 bits per heavy atom. The normalized spacial score (nSPS) is 13.7. The summed E-state index contributed by atoms with van der Waals surface area (Å²) in [5.74, 6) is -3.01. The number of nitrogens with one attached hydrogen (secondary N) is 1. The van der Waals surface area contributed by atoms with E-state index in [0.717, 1.165) is 12.1 Å². The Hall–Kier alpha value is -3.71. The van der Waals surface area contributed by atoms with E-state index in [1.165, 1.54) is 13.2 Å². The van der Waals surface area contributed by atoms with Crippen molar-refractivity contribution in [3.8, 4) is 5.75 Å². The number of amides is 2. The zero-order chi connectivity index (χ0) is 22.1. The van der Waals surface area contributed by atoms with Crippen molar-refractivity contribution in [2.75, 3.05) is 17.3 Å². The van der Waals surface area contributed by atoms with Crippen molar-refractivity contribution in [1.29, 1.82) is 0 Å². The number of nitrogens with zero attached hydrogens (tertiary/aromatic N) is 1. The highest BCUT2D eigenvalue weighted by Gasteiger charge is 2.41. The molecule has 0 aromatic heterocycles. The maximum atomic E-state index is 14.4. The number of hydrogen-bond donors (Lipinski definition) is 1. The van der Waals surface area contributed by atoms with Crippen LogP contribution in [0.1, 0.15) is 5.56 Å². The second-order valence-electron chi connectivity index (χ2n) is 6.63. The maximum Gasteiger partial charge on any atom is 0.282 e. The minimum absolute atomic E-state index is 0.0383. The Morgan fingerprint density at radius 2 is 1.68 bits per heavy atom. The van der Waals surface area contributed by atoms with Gasteiger partial charge >= 0.3 is 0 Å². The zero-order valence-corrected chi connectivity index (χ0v) is 16.9. The average molecular weight is 441 g/mol. The minimum Gasteiger partial charge on any atom is -0.495 e. The van der Waals surface area contributed by atoms with Gasteiger partial charge in [0, 0.05) is 11.1 Å². The third kappa shape index (κ3) is 3.75. The highest BCUT2D eigenvalue weighted by molar-refractivity contribution is 6.46. The topological polar surface area (TPSA) is 58.6 Å². The van der Waals surface area contributed by atoms with Gasteiger partial charge in [-0.25, -0.2) is 13.7 Å². The number of ether oxygens (including phenoxy) is 1. The summed E-state index contributed by atoms with van der Waals surface area (Å²) in [7, 11) is 1.45. The molecule has 3 aromatic carbocycles. The molecule has 0 bridgehead atoms. The molecule has 0 atom stereocenters. The zero-order valence-electron chi connectivity index (χ0n) is 16.2. The molecule has 0 aliphatic carbocycles. The van der Waals surface area contributed by atoms with Gasteiger partial charge in [0.2, 0.25) is 0 Å². The Kier molecular flexibility index (Phi) is 5.44. The second kappa shape index (κ2) is 8.20. The van der Waals surface area contributed by atoms with Crippen molar-refractivity contribution < 1.29 is 23.1 Å². The van der Waals surface area contributed by atoms with Gasteiger partial charge in [-0.1, -0.05) is 41.9 Å². The molecule has 0 radical (unpaired) electrons. The van der Waals surface area contributed by atoms with E-state index in [1.54, 1.807) is 42.5 Å². The van der Waals surface area contributed by atoms with Crippen molar-refractivity contribution >= 4 is 40.4 Å². The van der Waals surface area contributed by atoms with Gasteiger partial charge in [-0.15, -0.1) is 0 Å². The number of imide groups is 1. The fraction of sp³-hybridized carbons (Fsp3) is 0.0435. The van der Waals surface area contributed by atoms with E-state index in [2.05, 4.69) is 5.32 Å². The van der Waals surface area contributed by atoms with Crippen LogP contribution in [-0.2, 0) is 9.59 Å². The van der Waals surface area contributed by atoms with E-state index in [9.17, 15) is 18.4 Å². The van der Waals surface area contributed by atoms with Crippen molar-refractivity contribution in [3.05, 3.63) is 94.6 Å². The van der Waals surface area contributed by atoms with Crippen LogP contribution in [0.25, 0.3) is 5.57 Å². The molecule has 1 aliphatic heterocycles. The van der Waals surface area contributed by atoms with Crippen molar-refractivity contribution in [1.82, 2.24) is 0 Å². The predicted octanol–water partition coefficient (Wildman–Crippen LogP) is 5.02. The van der Waals surface area contributed by atoms with Crippen LogP contribution in [0.2, 0.25) is 5.02 Å². The molecule has 0 fully saturated rings. The van der Waals surface area contributed by atoms with Crippen molar-refractivity contribution in [2.45, 2.75) is 0 Å². The van der Waals surface area contributed by atoms with E-state index >= 15 is 0 Å². The lowest BCUT2D eigenvalue weighted by molar-refractivity contribution is -0.120. The summed E-state index contributed by atoms with van der Waals surface area (Å²) in [6.45, 7) is 0. The first-order valence-electron chi connectivity index (χ1n) is 9.15. The summed E-state index contributed by atoms with van der Waals surface area (Å²) in [6.07, 6.45) is 0. The van der Waals surface area contributed by atoms with Crippen LogP contribution in [0.3, 0.4) is 0 Å². The molecule has 0 saturated heterocycles. The molecule has 31 heavy (non-hydrogen) atoms. The first-order chi connectivity index (χ1) is 14.9. The fourth-order valence-corrected chi connectivity index (χ4v) is 3.48. The number of benzene rings is 3. The summed E-state index contributed by atoms with van der Waals surface area (Å²) >= 11 is 6.08. The maximum absolute atomic E-state index is 14.4. The molecular weight excluding hydrogens is 426 g/mol. The van der Waals surface area contributed by atoms with Crippen molar-refractivity contribution in [3.63, 3.8) is 0 Å². The second-order valence-corrected chi connectivity index (χ2v) is 7.06. The standard InChI is InChI=1S/C23H15ClF2N2O3/c1-31-19-10-7-14(24)11-17(19)27-21-20(13-5-3-2-4-6-13)22(29)28(23(21)30)18-9-8-15(25)12-16(18)26/h2-12,27H,1H3. The molecule has 8 heteroatoms. The Balaban J connectivity index is 1.86. The molecule has 5 nitrogen and oxygen atoms in total. The van der Waals surface area contributed by atoms with Gasteiger partial charge in [-0.05, 0) is 35.9 Å². The number of hydrogen-bond acceptors (Lipinski definition) is 4. The molecule has 1 N–H and O–H groups in total. The predicted molar refractivity (Wildman–Crippen MR) is 114 cm³/mol. The quantitative estimate of drug-likeness (QED) is 0.566. The summed E-state index contributed by atoms with van der Waals surface area (Å²) in [5, 5.41) is 3.30. The van der Waals surface area contributed by atoms with E-state index in [4.69, 9.17) is 16.3 Å². The SMILES string of the molecule is COc1ccc(Cl)cc1NC1=C(c2ccccc2)C(=O)N(c2ccc(F)cc2F)C1=O. The Morgan fingerprint density at radius 3 is 2.35 bits per heavy atom. The molecule has 0 unspecified atom stereocenters. The monoisotopic (exact) mass is 440 g/mol. The van der Waals surface area contributed by atoms with Gasteiger partial charge in [-0.2, -0.15) is 0 Å². The molecule has 3 aromatic rings. The summed E-state index contributed by atoms with van der Waals surface area (Å²) < 4.78 is 33.1. The molecule has 0 spiro atoms. The largest absolute Gasteiger partial charge is 0.495 e. The smallest absolute Gasteiger partial charge is 0.282 e. The summed E-state index contributed by atoms with van der Waals surface area (Å²) in [5.41, 5.74) is 0.409. The fourth-order valence-electron chi connectivity index (χ4n) is 3.31. The lowest BCUT2D eigenvalue weighted by Crippen LogP contribution is -2.33. The minimum atomic E-state index is -1.03. The number of anilines is 2. The molecule has 1 aliphatic rings. The number of methoxy groups -OCH3 is 1. The highest BCUT2D eigenvalue weighted by atomic mass is 35.5. The summed E-state index contributed by atoms with van der Waals surface area (Å²) in [4.78, 5) is 27.2. The molecule has 0 saturated carbocycles. The van der Waals surface area contributed by atoms with Gasteiger partial charge < -0.3 is 10.1 Å². The van der Waals surface area contributed by atoms with Crippen LogP contribution < -0.4 is 15.0 Å². The lowest BCUT2D eigenvalue weighted by atomic mass is 10.0. The number of halogens is 3. The number of rotatable bonds is 5. The van der Waals surface area contributed by atoms with E-state index in [0.29, 0.717) is 33.0 Å². The van der Waals surface area contributed by atoms with Crippen LogP contribution in [0.4, 0.5) is 20.2 Å². The molecule has 156 valence electrons. The third-order valence-electron chi connectivity index (χ3n) is 4.72. The molecule has 4 rings (SSSR count). The number of carbonyl (C=O) groups excluding carboxylic acids is 2. The van der Waals surface area contributed by atoms with Gasteiger partial charge in [0.25, 0.3) is 11.8 Å². The van der Waals surface area contributed by atoms with Gasteiger partial charge in [-0.3, -0.25) is 9.59 Å². The van der Waals surface area contributed by atoms with Crippen LogP contribution in [0, 0.1) is 11.6 Å². The first kappa shape index (κ1) is 20.6. The third-order valence-corrected chi connectivity index (χ3v) is 4.95. The van der Waals surface area contributed by atoms with Crippen LogP contribution in [0.5, 0.6) is 5.75 Å². The molecule has 2 amide bonds. The highest BCUT2D eigenvalue weighted by Crippen LogP contribution is 2.37. The first-order valence-corrected chi connectivity index (χ1v) is 9.52. The summed E-state index contributed by atoms with van der Waals surface area (Å²) in [6, 6.07) is 15.9. The molecular formula is C23H15ClF2N2O3. The van der Waals surface area contributed by atoms with Crippen LogP contribution >= 0.6 is 11.6 Å². The van der Waals surface area contributed by atoms with Gasteiger partial charge in [0.15, 0.2) is 0 Å². The number of carbonyl (C=O) groups is 2. The van der Waals surface area contributed by atoms with Crippen molar-refractivity contribution in [2.24, 2.45) is 0 Å². The van der Waals surface area contributed by atoms with E-state index < -0.39 is 23.4 Å². The van der Waals surface area contributed by atoms with E-state index in [1.807, 2.05) is 0 Å². The van der Waals surface area contributed by atoms with Crippen LogP contribution in [0.15, 0.2) is 72.4 Å². The Labute approximate surface area is 181 Å². The Bertz CT molecular complexity index is 1230. The van der Waals surface area contributed by atoms with E-state index in [-0.39, 0.29) is 17.0 Å². The lowest BCUT2D eigenvalue weighted by Gasteiger charge is -2.16. The average Bonchev–Trinajstić information content (AvgIpc) is 2.99. The molecule has 1 heterocycles.